The summed E-state index contributed by atoms with van der Waals surface area (Å²) in [6.07, 6.45) is 15.1. The smallest absolute Gasteiger partial charge is 0.303 e. The normalized spacial score (nSPS) is 32.6. The van der Waals surface area contributed by atoms with Crippen molar-refractivity contribution in [3.63, 3.8) is 0 Å². The molecule has 0 saturated carbocycles. The number of carbonyl (C=O) groups excluding carboxylic acids is 2. The van der Waals surface area contributed by atoms with Gasteiger partial charge >= 0.3 is 5.97 Å². The molecule has 0 bridgehead atoms. The minimum Gasteiger partial charge on any atom is -0.459 e. The van der Waals surface area contributed by atoms with Gasteiger partial charge in [-0.1, -0.05) is 37.3 Å². The number of carbonyl (C=O) groups is 2. The molecule has 2 rings (SSSR count). The molecule has 0 aliphatic carbocycles. The molecule has 220 valence electrons. The van der Waals surface area contributed by atoms with E-state index < -0.39 is 11.7 Å². The number of ether oxygens (including phenoxy) is 3. The first-order chi connectivity index (χ1) is 18.4. The highest BCUT2D eigenvalue weighted by Gasteiger charge is 2.35. The van der Waals surface area contributed by atoms with Gasteiger partial charge in [0.25, 0.3) is 0 Å². The fourth-order valence-corrected chi connectivity index (χ4v) is 5.26. The van der Waals surface area contributed by atoms with Crippen LogP contribution in [0.3, 0.4) is 0 Å². The van der Waals surface area contributed by atoms with Crippen LogP contribution in [0.15, 0.2) is 48.7 Å². The molecule has 8 atom stereocenters. The summed E-state index contributed by atoms with van der Waals surface area (Å²) < 4.78 is 17.6. The summed E-state index contributed by atoms with van der Waals surface area (Å²) in [6.45, 7) is 15.7. The Morgan fingerprint density at radius 1 is 1.21 bits per heavy atom. The molecule has 3 N–H and O–H groups in total. The summed E-state index contributed by atoms with van der Waals surface area (Å²) in [6, 6.07) is -0.0841. The zero-order valence-corrected chi connectivity index (χ0v) is 24.7. The van der Waals surface area contributed by atoms with E-state index in [1.807, 2.05) is 13.8 Å². The molecule has 2 fully saturated rings. The van der Waals surface area contributed by atoms with E-state index in [-0.39, 0.29) is 48.3 Å². The SMILES string of the molecule is C=CNCCC[C@@H]1CC(C)(O)CC(/C=C/C(C)=C/CC2OC(C)C(NC(=O)/C=C\C(C)OC(C)=O)CC2C)O1. The summed E-state index contributed by atoms with van der Waals surface area (Å²) in [5, 5.41) is 16.9. The maximum absolute atomic E-state index is 12.3. The van der Waals surface area contributed by atoms with Gasteiger partial charge in [-0.15, -0.1) is 0 Å². The highest BCUT2D eigenvalue weighted by Crippen LogP contribution is 2.32. The Kier molecular flexibility index (Phi) is 13.4. The van der Waals surface area contributed by atoms with Crippen LogP contribution in [-0.4, -0.2) is 65.7 Å². The molecule has 39 heavy (non-hydrogen) atoms. The van der Waals surface area contributed by atoms with Crippen molar-refractivity contribution in [2.45, 2.75) is 122 Å². The molecule has 0 aromatic heterocycles. The van der Waals surface area contributed by atoms with Crippen molar-refractivity contribution in [2.75, 3.05) is 6.54 Å². The highest BCUT2D eigenvalue weighted by atomic mass is 16.5. The lowest BCUT2D eigenvalue weighted by atomic mass is 9.86. The summed E-state index contributed by atoms with van der Waals surface area (Å²) in [7, 11) is 0. The van der Waals surface area contributed by atoms with Gasteiger partial charge in [-0.2, -0.15) is 0 Å². The first-order valence-corrected chi connectivity index (χ1v) is 14.3. The Balaban J connectivity index is 1.84. The monoisotopic (exact) mass is 546 g/mol. The molecular formula is C31H50N2O6. The van der Waals surface area contributed by atoms with Crippen LogP contribution >= 0.6 is 0 Å². The number of aliphatic hydroxyl groups is 1. The third-order valence-electron chi connectivity index (χ3n) is 7.33. The lowest BCUT2D eigenvalue weighted by Gasteiger charge is -2.39. The molecule has 8 nitrogen and oxygen atoms in total. The second-order valence-corrected chi connectivity index (χ2v) is 11.4. The van der Waals surface area contributed by atoms with Crippen molar-refractivity contribution < 1.29 is 28.9 Å². The number of hydrogen-bond acceptors (Lipinski definition) is 7. The third-order valence-corrected chi connectivity index (χ3v) is 7.33. The van der Waals surface area contributed by atoms with Crippen molar-refractivity contribution in [3.8, 4) is 0 Å². The standard InChI is InChI=1S/C31H50N2O6/c1-8-32-17-9-10-26-19-31(7,36)20-27(39-26)14-11-21(2)12-15-29-22(3)18-28(24(5)38-29)33-30(35)16-13-23(4)37-25(6)34/h8,11-14,16,22-24,26-29,32,36H,1,9-10,15,17-20H2,2-7H3,(H,33,35)/b14-11+,16-13-,21-12+/t22?,23?,24?,26-,27?,28?,29?,31?/m1/s1. The summed E-state index contributed by atoms with van der Waals surface area (Å²) in [4.78, 5) is 23.4. The van der Waals surface area contributed by atoms with Crippen LogP contribution in [0.25, 0.3) is 0 Å². The Hall–Kier alpha value is -2.42. The fraction of sp³-hybridized carbons (Fsp3) is 0.677. The lowest BCUT2D eigenvalue weighted by Crippen LogP contribution is -2.50. The minimum atomic E-state index is -0.731. The number of allylic oxidation sites excluding steroid dienone is 2. The van der Waals surface area contributed by atoms with Crippen molar-refractivity contribution in [2.24, 2.45) is 5.92 Å². The van der Waals surface area contributed by atoms with Crippen LogP contribution in [0.5, 0.6) is 0 Å². The van der Waals surface area contributed by atoms with Crippen molar-refractivity contribution >= 4 is 11.9 Å². The van der Waals surface area contributed by atoms with Crippen LogP contribution in [0.1, 0.15) is 80.1 Å². The predicted molar refractivity (Wildman–Crippen MR) is 154 cm³/mol. The molecule has 7 unspecified atom stereocenters. The maximum Gasteiger partial charge on any atom is 0.303 e. The van der Waals surface area contributed by atoms with Gasteiger partial charge < -0.3 is 30.0 Å². The van der Waals surface area contributed by atoms with Crippen LogP contribution in [0, 0.1) is 5.92 Å². The fourth-order valence-electron chi connectivity index (χ4n) is 5.26. The van der Waals surface area contributed by atoms with E-state index in [1.54, 1.807) is 19.2 Å². The van der Waals surface area contributed by atoms with E-state index in [2.05, 4.69) is 49.3 Å². The molecule has 8 heteroatoms. The summed E-state index contributed by atoms with van der Waals surface area (Å²) in [5.41, 5.74) is 0.395. The molecule has 2 saturated heterocycles. The lowest BCUT2D eigenvalue weighted by molar-refractivity contribution is -0.143. The third kappa shape index (κ3) is 12.5. The zero-order valence-electron chi connectivity index (χ0n) is 24.7. The van der Waals surface area contributed by atoms with Crippen LogP contribution in [-0.2, 0) is 23.8 Å². The van der Waals surface area contributed by atoms with Gasteiger partial charge in [-0.05, 0) is 71.6 Å². The van der Waals surface area contributed by atoms with Crippen LogP contribution in [0.4, 0.5) is 0 Å². The molecule has 1 amide bonds. The Morgan fingerprint density at radius 2 is 1.95 bits per heavy atom. The van der Waals surface area contributed by atoms with Gasteiger partial charge in [-0.25, -0.2) is 0 Å². The van der Waals surface area contributed by atoms with E-state index >= 15 is 0 Å². The van der Waals surface area contributed by atoms with E-state index in [0.29, 0.717) is 12.8 Å². The van der Waals surface area contributed by atoms with Gasteiger partial charge in [0.1, 0.15) is 6.10 Å². The molecule has 2 aliphatic rings. The van der Waals surface area contributed by atoms with Gasteiger partial charge in [0.2, 0.25) is 5.91 Å². The minimum absolute atomic E-state index is 0.0403. The average molecular weight is 547 g/mol. The van der Waals surface area contributed by atoms with Gasteiger partial charge in [0, 0.05) is 32.4 Å². The maximum atomic E-state index is 12.3. The first kappa shape index (κ1) is 32.8. The van der Waals surface area contributed by atoms with E-state index in [0.717, 1.165) is 37.8 Å². The summed E-state index contributed by atoms with van der Waals surface area (Å²) in [5.74, 6) is -0.328. The van der Waals surface area contributed by atoms with Crippen molar-refractivity contribution in [1.29, 1.82) is 0 Å². The molecule has 2 aliphatic heterocycles. The van der Waals surface area contributed by atoms with Gasteiger partial charge in [0.15, 0.2) is 0 Å². The van der Waals surface area contributed by atoms with E-state index in [4.69, 9.17) is 14.2 Å². The molecule has 2 heterocycles. The highest BCUT2D eigenvalue weighted by molar-refractivity contribution is 5.87. The second-order valence-electron chi connectivity index (χ2n) is 11.4. The van der Waals surface area contributed by atoms with Crippen molar-refractivity contribution in [3.05, 3.63) is 48.7 Å². The zero-order chi connectivity index (χ0) is 29.0. The quantitative estimate of drug-likeness (QED) is 0.135. The largest absolute Gasteiger partial charge is 0.459 e. The van der Waals surface area contributed by atoms with Gasteiger partial charge in [0.05, 0.1) is 36.1 Å². The second kappa shape index (κ2) is 16.0. The average Bonchev–Trinajstić information content (AvgIpc) is 2.84. The molecular weight excluding hydrogens is 496 g/mol. The van der Waals surface area contributed by atoms with Crippen molar-refractivity contribution in [1.82, 2.24) is 10.6 Å². The topological polar surface area (TPSA) is 106 Å². The molecule has 0 aromatic rings. The van der Waals surface area contributed by atoms with Crippen LogP contribution in [0.2, 0.25) is 0 Å². The molecule has 0 spiro atoms. The Labute approximate surface area is 234 Å². The predicted octanol–water partition coefficient (Wildman–Crippen LogP) is 4.50. The summed E-state index contributed by atoms with van der Waals surface area (Å²) >= 11 is 0. The Bertz CT molecular complexity index is 896. The number of rotatable bonds is 13. The molecule has 0 radical (unpaired) electrons. The van der Waals surface area contributed by atoms with E-state index in [1.165, 1.54) is 13.0 Å². The number of esters is 1. The number of amides is 1. The molecule has 0 aromatic carbocycles. The van der Waals surface area contributed by atoms with Gasteiger partial charge in [-0.3, -0.25) is 9.59 Å². The van der Waals surface area contributed by atoms with Crippen LogP contribution < -0.4 is 10.6 Å². The Morgan fingerprint density at radius 3 is 2.64 bits per heavy atom. The van der Waals surface area contributed by atoms with E-state index in [9.17, 15) is 14.7 Å². The number of nitrogens with one attached hydrogen (secondary N) is 2. The first-order valence-electron chi connectivity index (χ1n) is 14.3. The number of hydrogen-bond donors (Lipinski definition) is 3.